The molecule has 100 valence electrons. The second-order valence-electron chi connectivity index (χ2n) is 3.95. The van der Waals surface area contributed by atoms with Gasteiger partial charge < -0.3 is 9.84 Å². The van der Waals surface area contributed by atoms with Crippen LogP contribution in [0.5, 0.6) is 5.75 Å². The molecule has 0 aliphatic heterocycles. The first-order chi connectivity index (χ1) is 9.02. The fourth-order valence-corrected chi connectivity index (χ4v) is 2.83. The SMILES string of the molecule is COc1ccc(Cl)cc1C(O)c1cc(Br)ccc1Br. The summed E-state index contributed by atoms with van der Waals surface area (Å²) in [5.41, 5.74) is 1.38. The molecule has 2 aromatic carbocycles. The summed E-state index contributed by atoms with van der Waals surface area (Å²) in [4.78, 5) is 0. The Morgan fingerprint density at radius 3 is 2.53 bits per heavy atom. The first kappa shape index (κ1) is 14.9. The molecule has 1 N–H and O–H groups in total. The Labute approximate surface area is 133 Å². The maximum absolute atomic E-state index is 10.5. The number of halogens is 3. The van der Waals surface area contributed by atoms with E-state index in [4.69, 9.17) is 16.3 Å². The van der Waals surface area contributed by atoms with Crippen LogP contribution in [-0.4, -0.2) is 12.2 Å². The Bertz CT molecular complexity index is 602. The van der Waals surface area contributed by atoms with Gasteiger partial charge in [-0.2, -0.15) is 0 Å². The highest BCUT2D eigenvalue weighted by Gasteiger charge is 2.18. The molecule has 2 nitrogen and oxygen atoms in total. The summed E-state index contributed by atoms with van der Waals surface area (Å²) >= 11 is 12.8. The molecule has 0 fully saturated rings. The second kappa shape index (κ2) is 6.27. The third kappa shape index (κ3) is 3.31. The van der Waals surface area contributed by atoms with Crippen LogP contribution in [0.4, 0.5) is 0 Å². The minimum absolute atomic E-state index is 0.556. The van der Waals surface area contributed by atoms with Crippen LogP contribution in [-0.2, 0) is 0 Å². The van der Waals surface area contributed by atoms with E-state index >= 15 is 0 Å². The largest absolute Gasteiger partial charge is 0.496 e. The van der Waals surface area contributed by atoms with Crippen LogP contribution in [0.1, 0.15) is 17.2 Å². The number of ether oxygens (including phenoxy) is 1. The number of hydrogen-bond acceptors (Lipinski definition) is 2. The van der Waals surface area contributed by atoms with Crippen LogP contribution in [0.2, 0.25) is 5.02 Å². The first-order valence-electron chi connectivity index (χ1n) is 5.49. The molecule has 0 aliphatic rings. The Hall–Kier alpha value is -0.550. The fourth-order valence-electron chi connectivity index (χ4n) is 1.81. The lowest BCUT2D eigenvalue weighted by molar-refractivity contribution is 0.214. The van der Waals surface area contributed by atoms with E-state index in [1.54, 1.807) is 25.3 Å². The van der Waals surface area contributed by atoms with Crippen molar-refractivity contribution in [2.75, 3.05) is 7.11 Å². The first-order valence-corrected chi connectivity index (χ1v) is 7.45. The average Bonchev–Trinajstić information content (AvgIpc) is 2.40. The van der Waals surface area contributed by atoms with Crippen LogP contribution in [0.25, 0.3) is 0 Å². The lowest BCUT2D eigenvalue weighted by atomic mass is 10.0. The smallest absolute Gasteiger partial charge is 0.125 e. The van der Waals surface area contributed by atoms with Crippen molar-refractivity contribution in [3.8, 4) is 5.75 Å². The minimum Gasteiger partial charge on any atom is -0.496 e. The zero-order chi connectivity index (χ0) is 14.0. The lowest BCUT2D eigenvalue weighted by Gasteiger charge is -2.17. The molecule has 2 rings (SSSR count). The standard InChI is InChI=1S/C14H11Br2ClO2/c1-19-13-5-3-9(17)7-11(13)14(18)10-6-8(15)2-4-12(10)16/h2-7,14,18H,1H3. The molecule has 0 saturated carbocycles. The molecule has 0 aliphatic carbocycles. The van der Waals surface area contributed by atoms with Gasteiger partial charge in [-0.1, -0.05) is 43.5 Å². The van der Waals surface area contributed by atoms with Crippen molar-refractivity contribution >= 4 is 43.5 Å². The highest BCUT2D eigenvalue weighted by atomic mass is 79.9. The summed E-state index contributed by atoms with van der Waals surface area (Å²) in [5, 5.41) is 11.1. The lowest BCUT2D eigenvalue weighted by Crippen LogP contribution is -2.03. The molecule has 0 aromatic heterocycles. The van der Waals surface area contributed by atoms with Gasteiger partial charge in [0.25, 0.3) is 0 Å². The predicted molar refractivity (Wildman–Crippen MR) is 83.9 cm³/mol. The Balaban J connectivity index is 2.51. The summed E-state index contributed by atoms with van der Waals surface area (Å²) in [7, 11) is 1.56. The summed E-state index contributed by atoms with van der Waals surface area (Å²) < 4.78 is 6.99. The van der Waals surface area contributed by atoms with Crippen LogP contribution >= 0.6 is 43.5 Å². The number of rotatable bonds is 3. The third-order valence-electron chi connectivity index (χ3n) is 2.74. The van der Waals surface area contributed by atoms with Gasteiger partial charge in [0, 0.05) is 25.1 Å². The van der Waals surface area contributed by atoms with Crippen LogP contribution in [0, 0.1) is 0 Å². The molecule has 0 amide bonds. The number of benzene rings is 2. The minimum atomic E-state index is -0.819. The second-order valence-corrected chi connectivity index (χ2v) is 6.16. The van der Waals surface area contributed by atoms with Crippen molar-refractivity contribution in [2.45, 2.75) is 6.10 Å². The Morgan fingerprint density at radius 2 is 1.84 bits per heavy atom. The molecule has 0 spiro atoms. The van der Waals surface area contributed by atoms with E-state index in [1.807, 2.05) is 18.2 Å². The van der Waals surface area contributed by atoms with Gasteiger partial charge in [0.2, 0.25) is 0 Å². The van der Waals surface area contributed by atoms with E-state index in [0.717, 1.165) is 14.5 Å². The summed E-state index contributed by atoms with van der Waals surface area (Å²) in [6.45, 7) is 0. The summed E-state index contributed by atoms with van der Waals surface area (Å²) in [6.07, 6.45) is -0.819. The van der Waals surface area contributed by atoms with E-state index in [2.05, 4.69) is 31.9 Å². The van der Waals surface area contributed by atoms with Crippen molar-refractivity contribution < 1.29 is 9.84 Å². The summed E-state index contributed by atoms with van der Waals surface area (Å²) in [6, 6.07) is 10.8. The predicted octanol–water partition coefficient (Wildman–Crippen LogP) is 4.96. The van der Waals surface area contributed by atoms with Gasteiger partial charge in [-0.25, -0.2) is 0 Å². The van der Waals surface area contributed by atoms with Gasteiger partial charge in [-0.15, -0.1) is 0 Å². The van der Waals surface area contributed by atoms with E-state index < -0.39 is 6.10 Å². The highest BCUT2D eigenvalue weighted by Crippen LogP contribution is 2.36. The van der Waals surface area contributed by atoms with E-state index in [0.29, 0.717) is 16.3 Å². The number of aliphatic hydroxyl groups is 1. The topological polar surface area (TPSA) is 29.5 Å². The molecule has 0 saturated heterocycles. The maximum atomic E-state index is 10.5. The molecular formula is C14H11Br2ClO2. The van der Waals surface area contributed by atoms with Gasteiger partial charge in [0.15, 0.2) is 0 Å². The van der Waals surface area contributed by atoms with E-state index in [-0.39, 0.29) is 0 Å². The molecule has 1 atom stereocenters. The molecule has 2 aromatic rings. The number of methoxy groups -OCH3 is 1. The maximum Gasteiger partial charge on any atom is 0.125 e. The average molecular weight is 407 g/mol. The van der Waals surface area contributed by atoms with Gasteiger partial charge in [0.05, 0.1) is 7.11 Å². The monoisotopic (exact) mass is 404 g/mol. The molecule has 0 radical (unpaired) electrons. The van der Waals surface area contributed by atoms with Crippen molar-refractivity contribution in [1.29, 1.82) is 0 Å². The summed E-state index contributed by atoms with van der Waals surface area (Å²) in [5.74, 6) is 0.601. The van der Waals surface area contributed by atoms with Crippen molar-refractivity contribution in [1.82, 2.24) is 0 Å². The molecule has 1 unspecified atom stereocenters. The molecular weight excluding hydrogens is 395 g/mol. The fraction of sp³-hybridized carbons (Fsp3) is 0.143. The molecule has 0 bridgehead atoms. The molecule has 19 heavy (non-hydrogen) atoms. The van der Waals surface area contributed by atoms with Crippen LogP contribution in [0.15, 0.2) is 45.3 Å². The zero-order valence-electron chi connectivity index (χ0n) is 10.0. The van der Waals surface area contributed by atoms with Crippen molar-refractivity contribution in [3.05, 3.63) is 61.5 Å². The van der Waals surface area contributed by atoms with Crippen molar-refractivity contribution in [2.24, 2.45) is 0 Å². The highest BCUT2D eigenvalue weighted by molar-refractivity contribution is 9.11. The Morgan fingerprint density at radius 1 is 1.11 bits per heavy atom. The van der Waals surface area contributed by atoms with Gasteiger partial charge in [-0.3, -0.25) is 0 Å². The number of hydrogen-bond donors (Lipinski definition) is 1. The third-order valence-corrected chi connectivity index (χ3v) is 4.19. The van der Waals surface area contributed by atoms with Crippen LogP contribution < -0.4 is 4.74 Å². The van der Waals surface area contributed by atoms with E-state index in [1.165, 1.54) is 0 Å². The molecule has 0 heterocycles. The Kier molecular flexibility index (Phi) is 4.90. The van der Waals surface area contributed by atoms with Crippen molar-refractivity contribution in [3.63, 3.8) is 0 Å². The van der Waals surface area contributed by atoms with Gasteiger partial charge in [0.1, 0.15) is 11.9 Å². The molecule has 5 heteroatoms. The van der Waals surface area contributed by atoms with Crippen LogP contribution in [0.3, 0.4) is 0 Å². The number of aliphatic hydroxyl groups excluding tert-OH is 1. The van der Waals surface area contributed by atoms with Gasteiger partial charge >= 0.3 is 0 Å². The normalized spacial score (nSPS) is 12.3. The van der Waals surface area contributed by atoms with E-state index in [9.17, 15) is 5.11 Å². The quantitative estimate of drug-likeness (QED) is 0.781. The van der Waals surface area contributed by atoms with Gasteiger partial charge in [-0.05, 0) is 36.4 Å². The zero-order valence-corrected chi connectivity index (χ0v) is 14.0.